The number of hydrogen-bond donors (Lipinski definition) is 2. The van der Waals surface area contributed by atoms with Crippen LogP contribution in [0.1, 0.15) is 107 Å². The maximum Gasteiger partial charge on any atom is 0.343 e. The van der Waals surface area contributed by atoms with E-state index in [1.165, 1.54) is 64.7 Å². The number of carbonyl (C=O) groups excluding carboxylic acids is 3. The number of rotatable bonds is 21. The van der Waals surface area contributed by atoms with Crippen LogP contribution in [0.5, 0.6) is 17.2 Å². The fourth-order valence-corrected chi connectivity index (χ4v) is 4.30. The van der Waals surface area contributed by atoms with Gasteiger partial charge in [-0.15, -0.1) is 0 Å². The predicted octanol–water partition coefficient (Wildman–Crippen LogP) is 6.58. The summed E-state index contributed by atoms with van der Waals surface area (Å²) in [5, 5.41) is 6.57. The molecule has 2 amide bonds. The van der Waals surface area contributed by atoms with E-state index in [9.17, 15) is 14.4 Å². The van der Waals surface area contributed by atoms with E-state index in [1.54, 1.807) is 42.5 Å². The molecule has 0 fully saturated rings. The van der Waals surface area contributed by atoms with Gasteiger partial charge >= 0.3 is 5.97 Å². The fraction of sp³-hybridized carbons (Fsp3) is 0.515. The van der Waals surface area contributed by atoms with Crippen molar-refractivity contribution in [2.45, 2.75) is 90.9 Å². The molecule has 0 aliphatic rings. The number of unbranched alkanes of at least 4 members (excludes halogenated alkanes) is 10. The summed E-state index contributed by atoms with van der Waals surface area (Å²) >= 11 is 0. The van der Waals surface area contributed by atoms with Crippen molar-refractivity contribution in [3.8, 4) is 17.2 Å². The van der Waals surface area contributed by atoms with Gasteiger partial charge in [-0.05, 0) is 61.4 Å². The van der Waals surface area contributed by atoms with Gasteiger partial charge in [-0.3, -0.25) is 9.59 Å². The number of nitrogens with zero attached hydrogens (tertiary/aromatic N) is 1. The zero-order valence-electron chi connectivity index (χ0n) is 25.4. The van der Waals surface area contributed by atoms with Crippen LogP contribution in [0.3, 0.4) is 0 Å². The van der Waals surface area contributed by atoms with Gasteiger partial charge in [0.2, 0.25) is 5.91 Å². The largest absolute Gasteiger partial charge is 0.494 e. The number of nitrogens with one attached hydrogen (secondary N) is 2. The SMILES string of the molecule is CCCCCCCCCCCCCC(=O)NCC(=O)NN=Cc1ccc(OC(=O)c2ccc(OCC)cc2)c(OC)c1. The van der Waals surface area contributed by atoms with Crippen molar-refractivity contribution in [1.82, 2.24) is 10.7 Å². The van der Waals surface area contributed by atoms with Crippen LogP contribution in [0.25, 0.3) is 0 Å². The van der Waals surface area contributed by atoms with Gasteiger partial charge in [-0.2, -0.15) is 5.10 Å². The van der Waals surface area contributed by atoms with Crippen molar-refractivity contribution >= 4 is 24.0 Å². The molecule has 9 heteroatoms. The molecule has 2 aromatic rings. The van der Waals surface area contributed by atoms with E-state index in [4.69, 9.17) is 14.2 Å². The highest BCUT2D eigenvalue weighted by Crippen LogP contribution is 2.28. The number of ether oxygens (including phenoxy) is 3. The number of hydrazone groups is 1. The molecule has 0 saturated carbocycles. The topological polar surface area (TPSA) is 115 Å². The number of esters is 1. The van der Waals surface area contributed by atoms with Crippen molar-refractivity contribution in [1.29, 1.82) is 0 Å². The van der Waals surface area contributed by atoms with Crippen molar-refractivity contribution < 1.29 is 28.6 Å². The first kappa shape index (κ1) is 34.3. The standard InChI is InChI=1S/C33H47N3O6/c1-4-6-7-8-9-10-11-12-13-14-15-16-31(37)34-25-32(38)36-35-24-26-17-22-29(30(23-26)40-3)42-33(39)27-18-20-28(21-19-27)41-5-2/h17-24H,4-16,25H2,1-3H3,(H,34,37)(H,36,38). The summed E-state index contributed by atoms with van der Waals surface area (Å²) in [4.78, 5) is 36.6. The van der Waals surface area contributed by atoms with Crippen LogP contribution in [0.4, 0.5) is 0 Å². The van der Waals surface area contributed by atoms with Crippen LogP contribution >= 0.6 is 0 Å². The van der Waals surface area contributed by atoms with Crippen LogP contribution in [-0.2, 0) is 9.59 Å². The molecule has 0 heterocycles. The summed E-state index contributed by atoms with van der Waals surface area (Å²) < 4.78 is 16.2. The van der Waals surface area contributed by atoms with E-state index >= 15 is 0 Å². The third-order valence-electron chi connectivity index (χ3n) is 6.65. The molecule has 42 heavy (non-hydrogen) atoms. The van der Waals surface area contributed by atoms with Gasteiger partial charge in [-0.25, -0.2) is 10.2 Å². The van der Waals surface area contributed by atoms with Crippen LogP contribution in [0.15, 0.2) is 47.6 Å². The molecule has 0 unspecified atom stereocenters. The summed E-state index contributed by atoms with van der Waals surface area (Å²) in [6, 6.07) is 11.6. The van der Waals surface area contributed by atoms with Crippen LogP contribution in [0.2, 0.25) is 0 Å². The number of hydrogen-bond acceptors (Lipinski definition) is 7. The summed E-state index contributed by atoms with van der Waals surface area (Å²) in [6.07, 6.45) is 15.3. The zero-order valence-corrected chi connectivity index (χ0v) is 25.4. The third-order valence-corrected chi connectivity index (χ3v) is 6.65. The molecule has 2 rings (SSSR count). The lowest BCUT2D eigenvalue weighted by molar-refractivity contribution is -0.126. The quantitative estimate of drug-likeness (QED) is 0.0566. The number of benzene rings is 2. The van der Waals surface area contributed by atoms with Crippen molar-refractivity contribution in [2.75, 3.05) is 20.3 Å². The summed E-state index contributed by atoms with van der Waals surface area (Å²) in [6.45, 7) is 4.52. The van der Waals surface area contributed by atoms with Crippen molar-refractivity contribution in [2.24, 2.45) is 5.10 Å². The Balaban J connectivity index is 1.65. The Kier molecular flexibility index (Phi) is 17.1. The maximum atomic E-state index is 12.5. The fourth-order valence-electron chi connectivity index (χ4n) is 4.30. The van der Waals surface area contributed by atoms with Gasteiger partial charge in [0.25, 0.3) is 5.91 Å². The van der Waals surface area contributed by atoms with E-state index < -0.39 is 11.9 Å². The van der Waals surface area contributed by atoms with Crippen molar-refractivity contribution in [3.63, 3.8) is 0 Å². The first-order chi connectivity index (χ1) is 20.5. The Morgan fingerprint density at radius 1 is 0.786 bits per heavy atom. The summed E-state index contributed by atoms with van der Waals surface area (Å²) in [5.41, 5.74) is 3.39. The van der Waals surface area contributed by atoms with E-state index in [1.807, 2.05) is 6.92 Å². The Bertz CT molecular complexity index is 1120. The molecule has 0 spiro atoms. The molecule has 0 bridgehead atoms. The molecular formula is C33H47N3O6. The Labute approximate surface area is 250 Å². The second kappa shape index (κ2) is 20.9. The molecule has 2 N–H and O–H groups in total. The number of carbonyl (C=O) groups is 3. The Hall–Kier alpha value is -3.88. The van der Waals surface area contributed by atoms with Gasteiger partial charge in [0.1, 0.15) is 5.75 Å². The van der Waals surface area contributed by atoms with E-state index in [0.29, 0.717) is 35.7 Å². The molecule has 0 saturated heterocycles. The molecule has 0 aliphatic carbocycles. The van der Waals surface area contributed by atoms with Crippen LogP contribution in [0, 0.1) is 0 Å². The number of methoxy groups -OCH3 is 1. The smallest absolute Gasteiger partial charge is 0.343 e. The molecule has 9 nitrogen and oxygen atoms in total. The van der Waals surface area contributed by atoms with E-state index in [0.717, 1.165) is 19.3 Å². The highest BCUT2D eigenvalue weighted by molar-refractivity contribution is 5.92. The van der Waals surface area contributed by atoms with Gasteiger partial charge < -0.3 is 19.5 Å². The van der Waals surface area contributed by atoms with Crippen LogP contribution in [-0.4, -0.2) is 44.3 Å². The molecule has 0 radical (unpaired) electrons. The lowest BCUT2D eigenvalue weighted by atomic mass is 10.1. The second-order valence-electron chi connectivity index (χ2n) is 10.1. The van der Waals surface area contributed by atoms with Gasteiger partial charge in [0, 0.05) is 6.42 Å². The van der Waals surface area contributed by atoms with Gasteiger partial charge in [0.05, 0.1) is 32.0 Å². The molecule has 2 aromatic carbocycles. The van der Waals surface area contributed by atoms with E-state index in [-0.39, 0.29) is 18.2 Å². The van der Waals surface area contributed by atoms with Crippen molar-refractivity contribution in [3.05, 3.63) is 53.6 Å². The Morgan fingerprint density at radius 3 is 2.05 bits per heavy atom. The lowest BCUT2D eigenvalue weighted by Gasteiger charge is -2.10. The first-order valence-electron chi connectivity index (χ1n) is 15.2. The second-order valence-corrected chi connectivity index (χ2v) is 10.1. The lowest BCUT2D eigenvalue weighted by Crippen LogP contribution is -2.34. The summed E-state index contributed by atoms with van der Waals surface area (Å²) in [7, 11) is 1.46. The minimum Gasteiger partial charge on any atom is -0.494 e. The molecule has 230 valence electrons. The third kappa shape index (κ3) is 14.1. The monoisotopic (exact) mass is 581 g/mol. The molecule has 0 aromatic heterocycles. The zero-order chi connectivity index (χ0) is 30.4. The minimum atomic E-state index is -0.532. The first-order valence-corrected chi connectivity index (χ1v) is 15.2. The average Bonchev–Trinajstić information content (AvgIpc) is 3.00. The average molecular weight is 582 g/mol. The highest BCUT2D eigenvalue weighted by Gasteiger charge is 2.13. The predicted molar refractivity (Wildman–Crippen MR) is 165 cm³/mol. The molecular weight excluding hydrogens is 534 g/mol. The normalized spacial score (nSPS) is 10.8. The Morgan fingerprint density at radius 2 is 1.43 bits per heavy atom. The minimum absolute atomic E-state index is 0.134. The van der Waals surface area contributed by atoms with Gasteiger partial charge in [-0.1, -0.05) is 71.1 Å². The molecule has 0 aliphatic heterocycles. The molecule has 0 atom stereocenters. The maximum absolute atomic E-state index is 12.5. The van der Waals surface area contributed by atoms with Crippen LogP contribution < -0.4 is 25.0 Å². The number of amides is 2. The van der Waals surface area contributed by atoms with E-state index in [2.05, 4.69) is 22.8 Å². The highest BCUT2D eigenvalue weighted by atomic mass is 16.6. The summed E-state index contributed by atoms with van der Waals surface area (Å²) in [5.74, 6) is 0.161. The van der Waals surface area contributed by atoms with Gasteiger partial charge in [0.15, 0.2) is 11.5 Å².